The van der Waals surface area contributed by atoms with Gasteiger partial charge in [0.25, 0.3) is 5.82 Å². The molecule has 0 saturated carbocycles. The Labute approximate surface area is 118 Å². The number of aryl methyl sites for hydroxylation is 2. The third-order valence-corrected chi connectivity index (χ3v) is 3.50. The second-order valence-electron chi connectivity index (χ2n) is 4.96. The first-order valence-corrected chi connectivity index (χ1v) is 6.43. The molecule has 1 aromatic heterocycles. The topological polar surface area (TPSA) is 7.12 Å². The van der Waals surface area contributed by atoms with Crippen molar-refractivity contribution in [2.75, 3.05) is 4.81 Å². The van der Waals surface area contributed by atoms with Crippen LogP contribution in [0.4, 0.5) is 5.82 Å². The van der Waals surface area contributed by atoms with E-state index in [0.717, 1.165) is 5.82 Å². The van der Waals surface area contributed by atoms with Crippen molar-refractivity contribution in [3.8, 4) is 0 Å². The van der Waals surface area contributed by atoms with E-state index in [2.05, 4.69) is 35.9 Å². The summed E-state index contributed by atoms with van der Waals surface area (Å²) in [6, 6.07) is 11.8. The molecule has 2 aromatic rings. The minimum absolute atomic E-state index is 0.208. The van der Waals surface area contributed by atoms with Gasteiger partial charge < -0.3 is 0 Å². The SMILES string of the molecule is [2H]C([2H])([2H])c1ccc(N2C=c3ccccc3=CB2C)[n+](C)c1. The number of aromatic nitrogens is 1. The Kier molecular flexibility index (Phi) is 2.16. The second-order valence-corrected chi connectivity index (χ2v) is 4.96. The number of hydrogen-bond acceptors (Lipinski definition) is 1. The summed E-state index contributed by atoms with van der Waals surface area (Å²) in [5.74, 6) is 3.18. The van der Waals surface area contributed by atoms with Gasteiger partial charge in [0.2, 0.25) is 0 Å². The van der Waals surface area contributed by atoms with Crippen molar-refractivity contribution >= 4 is 24.8 Å². The highest BCUT2D eigenvalue weighted by molar-refractivity contribution is 6.76. The van der Waals surface area contributed by atoms with Gasteiger partial charge in [0, 0.05) is 15.4 Å². The number of pyridine rings is 1. The lowest BCUT2D eigenvalue weighted by molar-refractivity contribution is -0.658. The first-order valence-electron chi connectivity index (χ1n) is 7.93. The molecule has 3 heteroatoms. The largest absolute Gasteiger partial charge is 0.402 e. The van der Waals surface area contributed by atoms with Crippen LogP contribution in [0.3, 0.4) is 0 Å². The van der Waals surface area contributed by atoms with E-state index in [0.29, 0.717) is 5.56 Å². The Morgan fingerprint density at radius 1 is 1.16 bits per heavy atom. The minimum Gasteiger partial charge on any atom is -0.293 e. The molecule has 0 spiro atoms. The maximum Gasteiger partial charge on any atom is 0.402 e. The highest BCUT2D eigenvalue weighted by Gasteiger charge is 2.27. The third kappa shape index (κ3) is 2.16. The second kappa shape index (κ2) is 4.58. The third-order valence-electron chi connectivity index (χ3n) is 3.50. The van der Waals surface area contributed by atoms with Crippen LogP contribution in [0.15, 0.2) is 42.6 Å². The first kappa shape index (κ1) is 8.97. The smallest absolute Gasteiger partial charge is 0.293 e. The van der Waals surface area contributed by atoms with Crippen LogP contribution in [0.2, 0.25) is 6.82 Å². The van der Waals surface area contributed by atoms with Crippen molar-refractivity contribution in [2.24, 2.45) is 7.05 Å². The molecule has 0 radical (unpaired) electrons. The van der Waals surface area contributed by atoms with Gasteiger partial charge in [-0.2, -0.15) is 0 Å². The van der Waals surface area contributed by atoms with Crippen LogP contribution in [-0.2, 0) is 7.05 Å². The van der Waals surface area contributed by atoms with Crippen LogP contribution in [0.5, 0.6) is 0 Å². The van der Waals surface area contributed by atoms with E-state index < -0.39 is 6.85 Å². The molecule has 2 heterocycles. The summed E-state index contributed by atoms with van der Waals surface area (Å²) in [6.45, 7) is 0.260. The van der Waals surface area contributed by atoms with Gasteiger partial charge in [0.15, 0.2) is 0 Å². The molecule has 0 unspecified atom stereocenters. The van der Waals surface area contributed by atoms with E-state index in [4.69, 9.17) is 4.11 Å². The standard InChI is InChI=1S/C16H18BN2/c1-13-8-9-16(18(3)11-13)19-12-15-7-5-4-6-14(15)10-17(19)2/h4-12H,1-3H3/q+1/i1D3. The Morgan fingerprint density at radius 2 is 1.95 bits per heavy atom. The number of anilines is 1. The van der Waals surface area contributed by atoms with Crippen LogP contribution >= 0.6 is 0 Å². The highest BCUT2D eigenvalue weighted by Crippen LogP contribution is 2.13. The molecule has 1 aromatic carbocycles. The molecule has 94 valence electrons. The maximum absolute atomic E-state index is 7.51. The van der Waals surface area contributed by atoms with E-state index in [1.165, 1.54) is 10.4 Å². The fourth-order valence-corrected chi connectivity index (χ4v) is 2.53. The number of benzene rings is 1. The van der Waals surface area contributed by atoms with Gasteiger partial charge in [-0.1, -0.05) is 30.2 Å². The zero-order chi connectivity index (χ0) is 15.9. The van der Waals surface area contributed by atoms with E-state index in [1.54, 1.807) is 12.3 Å². The van der Waals surface area contributed by atoms with E-state index in [9.17, 15) is 0 Å². The molecule has 0 amide bonds. The fourth-order valence-electron chi connectivity index (χ4n) is 2.53. The minimum atomic E-state index is -2.08. The molecule has 0 saturated heterocycles. The van der Waals surface area contributed by atoms with Gasteiger partial charge in [-0.05, 0) is 30.5 Å². The van der Waals surface area contributed by atoms with Crippen LogP contribution in [0.25, 0.3) is 12.2 Å². The van der Waals surface area contributed by atoms with Gasteiger partial charge in [0.05, 0.1) is 19.4 Å². The number of rotatable bonds is 1. The quantitative estimate of drug-likeness (QED) is 0.543. The number of hydrogen-bond donors (Lipinski definition) is 0. The lowest BCUT2D eigenvalue weighted by Crippen LogP contribution is -2.48. The van der Waals surface area contributed by atoms with Gasteiger partial charge in [-0.3, -0.25) is 4.81 Å². The van der Waals surface area contributed by atoms with E-state index >= 15 is 0 Å². The predicted octanol–water partition coefficient (Wildman–Crippen LogP) is 1.02. The molecule has 19 heavy (non-hydrogen) atoms. The average molecular weight is 252 g/mol. The maximum atomic E-state index is 7.51. The molecular weight excluding hydrogens is 231 g/mol. The van der Waals surface area contributed by atoms with Crippen molar-refractivity contribution in [3.63, 3.8) is 0 Å². The highest BCUT2D eigenvalue weighted by atomic mass is 15.2. The zero-order valence-electron chi connectivity index (χ0n) is 14.2. The van der Waals surface area contributed by atoms with Crippen molar-refractivity contribution in [3.05, 3.63) is 58.6 Å². The van der Waals surface area contributed by atoms with Crippen LogP contribution < -0.4 is 19.8 Å². The zero-order valence-corrected chi connectivity index (χ0v) is 11.2. The molecule has 2 nitrogen and oxygen atoms in total. The van der Waals surface area contributed by atoms with E-state index in [-0.39, 0.29) is 6.85 Å². The molecular formula is C16H18BN2+. The summed E-state index contributed by atoms with van der Waals surface area (Å²) < 4.78 is 24.4. The molecule has 0 fully saturated rings. The Bertz CT molecular complexity index is 830. The predicted molar refractivity (Wildman–Crippen MR) is 81.1 cm³/mol. The monoisotopic (exact) mass is 252 g/mol. The van der Waals surface area contributed by atoms with E-state index in [1.807, 2.05) is 29.8 Å². The molecule has 0 aliphatic carbocycles. The lowest BCUT2D eigenvalue weighted by Gasteiger charge is -2.20. The van der Waals surface area contributed by atoms with Crippen LogP contribution in [0, 0.1) is 6.85 Å². The van der Waals surface area contributed by atoms with Crippen molar-refractivity contribution < 1.29 is 8.68 Å². The molecule has 3 rings (SSSR count). The van der Waals surface area contributed by atoms with Gasteiger partial charge >= 0.3 is 6.85 Å². The molecule has 0 atom stereocenters. The van der Waals surface area contributed by atoms with Crippen molar-refractivity contribution in [1.82, 2.24) is 0 Å². The molecule has 1 aliphatic rings. The summed E-state index contributed by atoms with van der Waals surface area (Å²) in [5.41, 5.74) is 0.354. The summed E-state index contributed by atoms with van der Waals surface area (Å²) in [7, 11) is 1.88. The Morgan fingerprint density at radius 3 is 2.68 bits per heavy atom. The summed E-state index contributed by atoms with van der Waals surface area (Å²) >= 11 is 0. The van der Waals surface area contributed by atoms with Crippen LogP contribution in [0.1, 0.15) is 9.68 Å². The lowest BCUT2D eigenvalue weighted by atomic mass is 9.61. The fraction of sp³-hybridized carbons (Fsp3) is 0.188. The molecule has 0 bridgehead atoms. The molecule has 0 N–H and O–H groups in total. The summed E-state index contributed by atoms with van der Waals surface area (Å²) in [5, 5.41) is 2.40. The number of fused-ring (bicyclic) bond motifs is 1. The normalized spacial score (nSPS) is 16.6. The summed E-state index contributed by atoms with van der Waals surface area (Å²) in [6.07, 6.45) is 3.80. The van der Waals surface area contributed by atoms with Crippen LogP contribution in [-0.4, -0.2) is 6.85 Å². The van der Waals surface area contributed by atoms with Gasteiger partial charge in [0.1, 0.15) is 0 Å². The van der Waals surface area contributed by atoms with Crippen molar-refractivity contribution in [2.45, 2.75) is 13.7 Å². The van der Waals surface area contributed by atoms with Gasteiger partial charge in [-0.25, -0.2) is 4.57 Å². The Hall–Kier alpha value is -2.03. The number of nitrogens with zero attached hydrogens (tertiary/aromatic N) is 2. The first-order chi connectivity index (χ1) is 10.4. The Balaban J connectivity index is 2.07. The van der Waals surface area contributed by atoms with Crippen molar-refractivity contribution in [1.29, 1.82) is 0 Å². The average Bonchev–Trinajstić information content (AvgIpc) is 2.46. The molecule has 1 aliphatic heterocycles. The van der Waals surface area contributed by atoms with Gasteiger partial charge in [-0.15, -0.1) is 0 Å². The summed E-state index contributed by atoms with van der Waals surface area (Å²) in [4.78, 5) is 2.16.